The maximum absolute atomic E-state index is 5.28. The van der Waals surface area contributed by atoms with E-state index in [1.807, 2.05) is 6.07 Å². The fourth-order valence-electron chi connectivity index (χ4n) is 1.53. The molecule has 1 aliphatic heterocycles. The summed E-state index contributed by atoms with van der Waals surface area (Å²) in [5.41, 5.74) is 1.07. The molecule has 0 amide bonds. The zero-order valence-corrected chi connectivity index (χ0v) is 8.36. The molecule has 4 heteroatoms. The average Bonchev–Trinajstić information content (AvgIpc) is 2.71. The van der Waals surface area contributed by atoms with Crippen LogP contribution in [0.25, 0.3) is 0 Å². The van der Waals surface area contributed by atoms with Crippen molar-refractivity contribution in [2.75, 3.05) is 18.5 Å². The van der Waals surface area contributed by atoms with Gasteiger partial charge in [0.15, 0.2) is 0 Å². The molecule has 1 N–H and O–H groups in total. The van der Waals surface area contributed by atoms with Gasteiger partial charge in [-0.3, -0.25) is 0 Å². The second kappa shape index (κ2) is 4.37. The molecule has 1 fully saturated rings. The highest BCUT2D eigenvalue weighted by molar-refractivity contribution is 5.36. The van der Waals surface area contributed by atoms with Gasteiger partial charge in [0.1, 0.15) is 12.1 Å². The Morgan fingerprint density at radius 2 is 2.50 bits per heavy atom. The van der Waals surface area contributed by atoms with Crippen molar-refractivity contribution < 1.29 is 4.74 Å². The fourth-order valence-corrected chi connectivity index (χ4v) is 1.53. The predicted octanol–water partition coefficient (Wildman–Crippen LogP) is 1.24. The molecule has 1 aromatic rings. The van der Waals surface area contributed by atoms with Crippen molar-refractivity contribution in [1.82, 2.24) is 9.97 Å². The summed E-state index contributed by atoms with van der Waals surface area (Å²) in [5.74, 6) is 0.910. The molecule has 0 aliphatic carbocycles. The molecule has 1 aliphatic rings. The minimum absolute atomic E-state index is 0.412. The van der Waals surface area contributed by atoms with Crippen LogP contribution >= 0.6 is 0 Å². The van der Waals surface area contributed by atoms with E-state index in [1.54, 1.807) is 6.33 Å². The number of rotatable bonds is 3. The van der Waals surface area contributed by atoms with E-state index < -0.39 is 0 Å². The number of anilines is 1. The van der Waals surface area contributed by atoms with Crippen molar-refractivity contribution in [2.24, 2.45) is 0 Å². The van der Waals surface area contributed by atoms with Crippen molar-refractivity contribution in [3.05, 3.63) is 18.1 Å². The molecular formula is C10H15N3O. The molecule has 2 rings (SSSR count). The Bertz CT molecular complexity index is 297. The standard InChI is InChI=1S/C10H15N3O/c1-2-8-5-10(12-7-11-8)13-9-3-4-14-6-9/h5,7,9H,2-4,6H2,1H3,(H,11,12,13)/t9-/m1/s1. The Balaban J connectivity index is 2.00. The van der Waals surface area contributed by atoms with Gasteiger partial charge in [0.2, 0.25) is 0 Å². The molecule has 1 saturated heterocycles. The van der Waals surface area contributed by atoms with Crippen LogP contribution in [0.2, 0.25) is 0 Å². The van der Waals surface area contributed by atoms with Gasteiger partial charge in [-0.25, -0.2) is 9.97 Å². The predicted molar refractivity (Wildman–Crippen MR) is 54.3 cm³/mol. The number of nitrogens with one attached hydrogen (secondary N) is 1. The summed E-state index contributed by atoms with van der Waals surface area (Å²) in [6.07, 6.45) is 3.61. The quantitative estimate of drug-likeness (QED) is 0.784. The molecule has 76 valence electrons. The first-order valence-corrected chi connectivity index (χ1v) is 5.03. The summed E-state index contributed by atoms with van der Waals surface area (Å²) in [6.45, 7) is 3.72. The SMILES string of the molecule is CCc1cc(N[C@@H]2CCOC2)ncn1. The minimum atomic E-state index is 0.412. The van der Waals surface area contributed by atoms with Gasteiger partial charge < -0.3 is 10.1 Å². The molecule has 0 saturated carbocycles. The van der Waals surface area contributed by atoms with Crippen LogP contribution in [0.5, 0.6) is 0 Å². The lowest BCUT2D eigenvalue weighted by Crippen LogP contribution is -2.19. The van der Waals surface area contributed by atoms with Crippen molar-refractivity contribution in [2.45, 2.75) is 25.8 Å². The molecule has 14 heavy (non-hydrogen) atoms. The van der Waals surface area contributed by atoms with Crippen LogP contribution < -0.4 is 5.32 Å². The van der Waals surface area contributed by atoms with Crippen molar-refractivity contribution in [3.63, 3.8) is 0 Å². The summed E-state index contributed by atoms with van der Waals surface area (Å²) in [7, 11) is 0. The van der Waals surface area contributed by atoms with Crippen LogP contribution in [0.4, 0.5) is 5.82 Å². The van der Waals surface area contributed by atoms with E-state index in [-0.39, 0.29) is 0 Å². The van der Waals surface area contributed by atoms with Crippen LogP contribution in [-0.4, -0.2) is 29.2 Å². The summed E-state index contributed by atoms with van der Waals surface area (Å²) in [6, 6.07) is 2.41. The normalized spacial score (nSPS) is 21.1. The molecule has 0 bridgehead atoms. The second-order valence-corrected chi connectivity index (χ2v) is 3.45. The molecule has 1 atom stereocenters. The van der Waals surface area contributed by atoms with Gasteiger partial charge in [-0.05, 0) is 12.8 Å². The third-order valence-electron chi connectivity index (χ3n) is 2.37. The molecule has 2 heterocycles. The zero-order chi connectivity index (χ0) is 9.80. The molecule has 0 radical (unpaired) electrons. The van der Waals surface area contributed by atoms with E-state index in [2.05, 4.69) is 22.2 Å². The number of aryl methyl sites for hydroxylation is 1. The van der Waals surface area contributed by atoms with Crippen molar-refractivity contribution >= 4 is 5.82 Å². The van der Waals surface area contributed by atoms with Gasteiger partial charge >= 0.3 is 0 Å². The van der Waals surface area contributed by atoms with E-state index in [0.717, 1.165) is 37.6 Å². The van der Waals surface area contributed by atoms with Crippen molar-refractivity contribution in [1.29, 1.82) is 0 Å². The number of hydrogen-bond donors (Lipinski definition) is 1. The number of hydrogen-bond acceptors (Lipinski definition) is 4. The monoisotopic (exact) mass is 193 g/mol. The number of ether oxygens (including phenoxy) is 1. The third-order valence-corrected chi connectivity index (χ3v) is 2.37. The Morgan fingerprint density at radius 1 is 1.57 bits per heavy atom. The summed E-state index contributed by atoms with van der Waals surface area (Å²) in [4.78, 5) is 8.32. The van der Waals surface area contributed by atoms with Gasteiger partial charge in [-0.2, -0.15) is 0 Å². The Labute approximate surface area is 83.7 Å². The van der Waals surface area contributed by atoms with Crippen LogP contribution in [0.15, 0.2) is 12.4 Å². The van der Waals surface area contributed by atoms with E-state index >= 15 is 0 Å². The zero-order valence-electron chi connectivity index (χ0n) is 8.36. The Kier molecular flexibility index (Phi) is 2.93. The maximum atomic E-state index is 5.28. The molecule has 0 unspecified atom stereocenters. The first kappa shape index (κ1) is 9.40. The molecular weight excluding hydrogens is 178 g/mol. The molecule has 4 nitrogen and oxygen atoms in total. The first-order chi connectivity index (χ1) is 6.88. The van der Waals surface area contributed by atoms with Crippen molar-refractivity contribution in [3.8, 4) is 0 Å². The average molecular weight is 193 g/mol. The van der Waals surface area contributed by atoms with Crippen LogP contribution in [0.1, 0.15) is 19.0 Å². The summed E-state index contributed by atoms with van der Waals surface area (Å²) >= 11 is 0. The summed E-state index contributed by atoms with van der Waals surface area (Å²) in [5, 5.41) is 3.34. The lowest BCUT2D eigenvalue weighted by atomic mass is 10.2. The highest BCUT2D eigenvalue weighted by atomic mass is 16.5. The van der Waals surface area contributed by atoms with E-state index in [9.17, 15) is 0 Å². The largest absolute Gasteiger partial charge is 0.379 e. The van der Waals surface area contributed by atoms with Crippen LogP contribution in [0.3, 0.4) is 0 Å². The Morgan fingerprint density at radius 3 is 3.21 bits per heavy atom. The topological polar surface area (TPSA) is 47.0 Å². The lowest BCUT2D eigenvalue weighted by Gasteiger charge is -2.11. The Hall–Kier alpha value is -1.16. The van der Waals surface area contributed by atoms with Gasteiger partial charge in [0.25, 0.3) is 0 Å². The molecule has 0 aromatic carbocycles. The fraction of sp³-hybridized carbons (Fsp3) is 0.600. The number of aromatic nitrogens is 2. The van der Waals surface area contributed by atoms with Crippen LogP contribution in [-0.2, 0) is 11.2 Å². The second-order valence-electron chi connectivity index (χ2n) is 3.45. The van der Waals surface area contributed by atoms with Gasteiger partial charge in [0, 0.05) is 18.4 Å². The van der Waals surface area contributed by atoms with Gasteiger partial charge in [-0.15, -0.1) is 0 Å². The molecule has 1 aromatic heterocycles. The van der Waals surface area contributed by atoms with E-state index in [0.29, 0.717) is 6.04 Å². The lowest BCUT2D eigenvalue weighted by molar-refractivity contribution is 0.195. The first-order valence-electron chi connectivity index (χ1n) is 5.03. The minimum Gasteiger partial charge on any atom is -0.379 e. The highest BCUT2D eigenvalue weighted by Gasteiger charge is 2.15. The summed E-state index contributed by atoms with van der Waals surface area (Å²) < 4.78 is 5.28. The van der Waals surface area contributed by atoms with Crippen LogP contribution in [0, 0.1) is 0 Å². The van der Waals surface area contributed by atoms with E-state index in [4.69, 9.17) is 4.74 Å². The van der Waals surface area contributed by atoms with E-state index in [1.165, 1.54) is 0 Å². The van der Waals surface area contributed by atoms with Gasteiger partial charge in [-0.1, -0.05) is 6.92 Å². The van der Waals surface area contributed by atoms with Gasteiger partial charge in [0.05, 0.1) is 12.6 Å². The smallest absolute Gasteiger partial charge is 0.129 e. The molecule has 0 spiro atoms. The third kappa shape index (κ3) is 2.20. The number of nitrogens with zero attached hydrogens (tertiary/aromatic N) is 2. The maximum Gasteiger partial charge on any atom is 0.129 e. The highest BCUT2D eigenvalue weighted by Crippen LogP contribution is 2.11.